The summed E-state index contributed by atoms with van der Waals surface area (Å²) < 4.78 is 12.1. The largest absolute Gasteiger partial charge is 0.381 e. The number of hydrogen-bond donors (Lipinski definition) is 0. The van der Waals surface area contributed by atoms with Crippen LogP contribution in [0.25, 0.3) is 0 Å². The molecule has 0 radical (unpaired) electrons. The first-order chi connectivity index (χ1) is 10.7. The Labute approximate surface area is 133 Å². The highest BCUT2D eigenvalue weighted by Crippen LogP contribution is 2.45. The molecule has 0 aromatic carbocycles. The molecule has 0 bridgehead atoms. The Morgan fingerprint density at radius 2 is 1.95 bits per heavy atom. The molecule has 0 aromatic heterocycles. The van der Waals surface area contributed by atoms with Crippen molar-refractivity contribution in [1.82, 2.24) is 4.90 Å². The average molecular weight is 307 g/mol. The van der Waals surface area contributed by atoms with Crippen molar-refractivity contribution >= 4 is 5.91 Å². The van der Waals surface area contributed by atoms with Crippen LogP contribution in [0.4, 0.5) is 0 Å². The normalized spacial score (nSPS) is 36.8. The summed E-state index contributed by atoms with van der Waals surface area (Å²) in [5, 5.41) is 0. The minimum absolute atomic E-state index is 0.0799. The van der Waals surface area contributed by atoms with Gasteiger partial charge in [0.2, 0.25) is 5.91 Å². The van der Waals surface area contributed by atoms with Crippen LogP contribution >= 0.6 is 0 Å². The number of carbonyl (C=O) groups is 1. The van der Waals surface area contributed by atoms with Gasteiger partial charge < -0.3 is 14.4 Å². The first-order valence-corrected chi connectivity index (χ1v) is 9.18. The molecular formula is C18H29NO3. The van der Waals surface area contributed by atoms with E-state index < -0.39 is 0 Å². The molecule has 2 aliphatic carbocycles. The molecule has 0 unspecified atom stereocenters. The van der Waals surface area contributed by atoms with Gasteiger partial charge in [-0.15, -0.1) is 0 Å². The zero-order valence-corrected chi connectivity index (χ0v) is 13.8. The summed E-state index contributed by atoms with van der Waals surface area (Å²) in [6, 6.07) is 0. The molecule has 124 valence electrons. The van der Waals surface area contributed by atoms with Gasteiger partial charge in [0, 0.05) is 25.0 Å². The molecule has 1 amide bonds. The molecule has 1 spiro atoms. The number of nitrogens with zero attached hydrogens (tertiary/aromatic N) is 1. The van der Waals surface area contributed by atoms with Gasteiger partial charge in [-0.3, -0.25) is 4.79 Å². The number of hydrogen-bond acceptors (Lipinski definition) is 3. The number of amides is 1. The first kappa shape index (κ1) is 14.9. The third-order valence-electron chi connectivity index (χ3n) is 6.40. The fourth-order valence-corrected chi connectivity index (χ4v) is 4.58. The van der Waals surface area contributed by atoms with E-state index in [-0.39, 0.29) is 5.60 Å². The Morgan fingerprint density at radius 3 is 2.64 bits per heavy atom. The van der Waals surface area contributed by atoms with E-state index in [2.05, 4.69) is 6.92 Å². The van der Waals surface area contributed by atoms with Crippen molar-refractivity contribution in [2.75, 3.05) is 32.9 Å². The predicted molar refractivity (Wildman–Crippen MR) is 83.4 cm³/mol. The third-order valence-corrected chi connectivity index (χ3v) is 6.40. The summed E-state index contributed by atoms with van der Waals surface area (Å²) in [5.74, 6) is 2.53. The fraction of sp³-hybridized carbons (Fsp3) is 0.944. The van der Waals surface area contributed by atoms with Crippen LogP contribution in [-0.2, 0) is 14.3 Å². The second-order valence-corrected chi connectivity index (χ2v) is 8.10. The van der Waals surface area contributed by atoms with Gasteiger partial charge in [0.25, 0.3) is 0 Å². The summed E-state index contributed by atoms with van der Waals surface area (Å²) >= 11 is 0. The van der Waals surface area contributed by atoms with Gasteiger partial charge in [-0.1, -0.05) is 19.8 Å². The van der Waals surface area contributed by atoms with E-state index in [0.717, 1.165) is 51.7 Å². The van der Waals surface area contributed by atoms with Gasteiger partial charge in [-0.25, -0.2) is 0 Å². The van der Waals surface area contributed by atoms with Gasteiger partial charge in [-0.05, 0) is 37.5 Å². The Hall–Kier alpha value is -0.610. The molecule has 2 aliphatic heterocycles. The lowest BCUT2D eigenvalue weighted by molar-refractivity contribution is -0.170. The van der Waals surface area contributed by atoms with Crippen molar-refractivity contribution in [3.8, 4) is 0 Å². The molecule has 4 nitrogen and oxygen atoms in total. The summed E-state index contributed by atoms with van der Waals surface area (Å²) in [6.07, 6.45) is 7.61. The average Bonchev–Trinajstić information content (AvgIpc) is 2.91. The van der Waals surface area contributed by atoms with E-state index in [1.165, 1.54) is 25.7 Å². The monoisotopic (exact) mass is 307 g/mol. The Kier molecular flexibility index (Phi) is 3.93. The molecule has 0 aromatic rings. The Bertz CT molecular complexity index is 426. The lowest BCUT2D eigenvalue weighted by Gasteiger charge is -2.50. The van der Waals surface area contributed by atoms with E-state index in [9.17, 15) is 4.79 Å². The first-order valence-electron chi connectivity index (χ1n) is 9.18. The van der Waals surface area contributed by atoms with E-state index in [1.807, 2.05) is 4.90 Å². The molecule has 2 heterocycles. The second kappa shape index (κ2) is 5.79. The summed E-state index contributed by atoms with van der Waals surface area (Å²) in [5.41, 5.74) is -0.0799. The van der Waals surface area contributed by atoms with Crippen molar-refractivity contribution in [3.63, 3.8) is 0 Å². The molecule has 4 fully saturated rings. The van der Waals surface area contributed by atoms with Gasteiger partial charge in [0.05, 0.1) is 19.7 Å². The molecule has 4 aliphatic rings. The zero-order chi connectivity index (χ0) is 15.2. The smallest absolute Gasteiger partial charge is 0.226 e. The molecule has 3 atom stereocenters. The maximum absolute atomic E-state index is 12.3. The topological polar surface area (TPSA) is 38.8 Å². The summed E-state index contributed by atoms with van der Waals surface area (Å²) in [7, 11) is 0. The van der Waals surface area contributed by atoms with Crippen molar-refractivity contribution in [2.24, 2.45) is 23.7 Å². The highest BCUT2D eigenvalue weighted by atomic mass is 16.5. The van der Waals surface area contributed by atoms with Crippen LogP contribution in [0.2, 0.25) is 0 Å². The second-order valence-electron chi connectivity index (χ2n) is 8.10. The maximum Gasteiger partial charge on any atom is 0.226 e. The molecular weight excluding hydrogens is 278 g/mol. The lowest BCUT2D eigenvalue weighted by Crippen LogP contribution is -2.67. The van der Waals surface area contributed by atoms with Crippen LogP contribution in [0.15, 0.2) is 0 Å². The minimum atomic E-state index is -0.0799. The van der Waals surface area contributed by atoms with Crippen LogP contribution in [0.3, 0.4) is 0 Å². The van der Waals surface area contributed by atoms with Crippen molar-refractivity contribution in [3.05, 3.63) is 0 Å². The van der Waals surface area contributed by atoms with Crippen LogP contribution in [-0.4, -0.2) is 49.3 Å². The SMILES string of the molecule is C[C@@H]1C[C@@H]1C(=O)N1CC2(C1)OCC[C@@H]2COCC1CCCC1. The number of ether oxygens (including phenoxy) is 2. The molecule has 4 heteroatoms. The van der Waals surface area contributed by atoms with E-state index in [1.54, 1.807) is 0 Å². The molecule has 2 saturated carbocycles. The van der Waals surface area contributed by atoms with Crippen molar-refractivity contribution < 1.29 is 14.3 Å². The molecule has 0 N–H and O–H groups in total. The predicted octanol–water partition coefficient (Wildman–Crippen LogP) is 2.47. The van der Waals surface area contributed by atoms with Gasteiger partial charge in [0.1, 0.15) is 5.60 Å². The number of likely N-dealkylation sites (tertiary alicyclic amines) is 1. The number of rotatable bonds is 5. The molecule has 4 rings (SSSR count). The van der Waals surface area contributed by atoms with Crippen LogP contribution in [0.5, 0.6) is 0 Å². The Balaban J connectivity index is 1.24. The Morgan fingerprint density at radius 1 is 1.23 bits per heavy atom. The van der Waals surface area contributed by atoms with Gasteiger partial charge in [0.15, 0.2) is 0 Å². The van der Waals surface area contributed by atoms with Gasteiger partial charge >= 0.3 is 0 Å². The highest BCUT2D eigenvalue weighted by Gasteiger charge is 2.56. The van der Waals surface area contributed by atoms with Crippen molar-refractivity contribution in [2.45, 2.75) is 51.0 Å². The minimum Gasteiger partial charge on any atom is -0.381 e. The summed E-state index contributed by atoms with van der Waals surface area (Å²) in [6.45, 7) is 6.34. The third kappa shape index (κ3) is 2.69. The van der Waals surface area contributed by atoms with Crippen molar-refractivity contribution in [1.29, 1.82) is 0 Å². The highest BCUT2D eigenvalue weighted by molar-refractivity contribution is 5.82. The summed E-state index contributed by atoms with van der Waals surface area (Å²) in [4.78, 5) is 14.3. The molecule has 22 heavy (non-hydrogen) atoms. The van der Waals surface area contributed by atoms with E-state index in [0.29, 0.717) is 23.7 Å². The maximum atomic E-state index is 12.3. The zero-order valence-electron chi connectivity index (χ0n) is 13.8. The van der Waals surface area contributed by atoms with Crippen LogP contribution in [0, 0.1) is 23.7 Å². The number of carbonyl (C=O) groups excluding carboxylic acids is 1. The van der Waals surface area contributed by atoms with E-state index >= 15 is 0 Å². The molecule has 2 saturated heterocycles. The van der Waals surface area contributed by atoms with Crippen LogP contribution < -0.4 is 0 Å². The lowest BCUT2D eigenvalue weighted by atomic mass is 9.81. The fourth-order valence-electron chi connectivity index (χ4n) is 4.58. The van der Waals surface area contributed by atoms with Crippen LogP contribution in [0.1, 0.15) is 45.4 Å². The van der Waals surface area contributed by atoms with E-state index in [4.69, 9.17) is 9.47 Å². The van der Waals surface area contributed by atoms with Gasteiger partial charge in [-0.2, -0.15) is 0 Å². The quantitative estimate of drug-likeness (QED) is 0.783. The standard InChI is InChI=1S/C18H29NO3/c1-13-8-16(13)17(20)19-11-18(12-19)15(6-7-22-18)10-21-9-14-4-2-3-5-14/h13-16H,2-12H2,1H3/t13-,15-,16+/m1/s1.